The van der Waals surface area contributed by atoms with E-state index in [-0.39, 0.29) is 22.0 Å². The lowest BCUT2D eigenvalue weighted by atomic mass is 10.0. The third-order valence-electron chi connectivity index (χ3n) is 3.77. The Morgan fingerprint density at radius 1 is 1.15 bits per heavy atom. The molecular weight excluding hydrogens is 393 g/mol. The molecule has 0 saturated heterocycles. The molecule has 136 valence electrons. The number of amides is 1. The number of hydrazone groups is 1. The van der Waals surface area contributed by atoms with Gasteiger partial charge in [-0.25, -0.2) is 5.43 Å². The molecule has 0 aromatic heterocycles. The fourth-order valence-corrected chi connectivity index (χ4v) is 2.96. The van der Waals surface area contributed by atoms with E-state index in [1.54, 1.807) is 6.07 Å². The van der Waals surface area contributed by atoms with Gasteiger partial charge in [-0.05, 0) is 41.1 Å². The van der Waals surface area contributed by atoms with Gasteiger partial charge in [0.05, 0.1) is 21.7 Å². The molecule has 0 bridgehead atoms. The molecule has 0 radical (unpaired) electrons. The molecular formula is C18H11Cl2N3O4. The Bertz CT molecular complexity index is 1100. The predicted octanol–water partition coefficient (Wildman–Crippen LogP) is 4.52. The number of phenolic OH excluding ortho intramolecular Hbond substituents is 1. The van der Waals surface area contributed by atoms with Gasteiger partial charge in [-0.1, -0.05) is 29.3 Å². The molecule has 0 atom stereocenters. The van der Waals surface area contributed by atoms with Crippen molar-refractivity contribution in [3.8, 4) is 5.75 Å². The molecule has 2 N–H and O–H groups in total. The zero-order chi connectivity index (χ0) is 19.6. The summed E-state index contributed by atoms with van der Waals surface area (Å²) in [6.45, 7) is 0. The lowest BCUT2D eigenvalue weighted by Gasteiger charge is -2.06. The van der Waals surface area contributed by atoms with Crippen molar-refractivity contribution in [2.24, 2.45) is 5.10 Å². The molecule has 3 aromatic rings. The molecule has 0 saturated carbocycles. The second-order valence-electron chi connectivity index (χ2n) is 5.48. The number of nitrogens with zero attached hydrogens (tertiary/aromatic N) is 2. The van der Waals surface area contributed by atoms with Crippen molar-refractivity contribution < 1.29 is 14.8 Å². The van der Waals surface area contributed by atoms with Gasteiger partial charge in [0.25, 0.3) is 11.6 Å². The highest BCUT2D eigenvalue weighted by Crippen LogP contribution is 2.28. The number of hydrogen-bond donors (Lipinski definition) is 2. The summed E-state index contributed by atoms with van der Waals surface area (Å²) in [5.74, 6) is -0.637. The maximum Gasteiger partial charge on any atom is 0.272 e. The summed E-state index contributed by atoms with van der Waals surface area (Å²) in [4.78, 5) is 22.5. The molecule has 1 amide bonds. The molecule has 0 unspecified atom stereocenters. The predicted molar refractivity (Wildman–Crippen MR) is 104 cm³/mol. The molecule has 0 spiro atoms. The Labute approximate surface area is 163 Å². The Kier molecular flexibility index (Phi) is 5.25. The Balaban J connectivity index is 1.88. The van der Waals surface area contributed by atoms with Gasteiger partial charge in [0.15, 0.2) is 0 Å². The highest BCUT2D eigenvalue weighted by atomic mass is 35.5. The third-order valence-corrected chi connectivity index (χ3v) is 4.32. The summed E-state index contributed by atoms with van der Waals surface area (Å²) in [6.07, 6.45) is 1.26. The van der Waals surface area contributed by atoms with Crippen LogP contribution in [0.25, 0.3) is 10.8 Å². The van der Waals surface area contributed by atoms with Crippen LogP contribution in [-0.4, -0.2) is 22.2 Å². The average Bonchev–Trinajstić information content (AvgIpc) is 2.62. The number of rotatable bonds is 4. The summed E-state index contributed by atoms with van der Waals surface area (Å²) < 4.78 is 0. The third kappa shape index (κ3) is 3.99. The molecule has 0 heterocycles. The Morgan fingerprint density at radius 2 is 1.93 bits per heavy atom. The lowest BCUT2D eigenvalue weighted by Crippen LogP contribution is -2.18. The van der Waals surface area contributed by atoms with Crippen LogP contribution in [-0.2, 0) is 0 Å². The van der Waals surface area contributed by atoms with Gasteiger partial charge in [0, 0.05) is 22.7 Å². The van der Waals surface area contributed by atoms with Crippen LogP contribution in [0.1, 0.15) is 15.9 Å². The standard InChI is InChI=1S/C18H11Cl2N3O4/c19-11-2-4-14(16(20)8-11)18(25)22-21-9-15-13-5-3-12(23(26)27)7-10(13)1-6-17(15)24/h1-9,24H,(H,22,25). The van der Waals surface area contributed by atoms with Crippen LogP contribution in [0.3, 0.4) is 0 Å². The fourth-order valence-electron chi connectivity index (χ4n) is 2.47. The average molecular weight is 404 g/mol. The van der Waals surface area contributed by atoms with Crippen LogP contribution in [0.4, 0.5) is 5.69 Å². The number of phenols is 1. The quantitative estimate of drug-likeness (QED) is 0.379. The Hall–Kier alpha value is -3.16. The lowest BCUT2D eigenvalue weighted by molar-refractivity contribution is -0.384. The molecule has 0 aliphatic heterocycles. The van der Waals surface area contributed by atoms with Crippen molar-refractivity contribution in [3.63, 3.8) is 0 Å². The number of hydrogen-bond acceptors (Lipinski definition) is 5. The van der Waals surface area contributed by atoms with Crippen molar-refractivity contribution in [1.82, 2.24) is 5.43 Å². The SMILES string of the molecule is O=C(NN=Cc1c(O)ccc2cc([N+](=O)[O-])ccc12)c1ccc(Cl)cc1Cl. The zero-order valence-corrected chi connectivity index (χ0v) is 15.0. The summed E-state index contributed by atoms with van der Waals surface area (Å²) in [5, 5.41) is 26.5. The number of benzene rings is 3. The molecule has 3 rings (SSSR count). The first kappa shape index (κ1) is 18.6. The van der Waals surface area contributed by atoms with E-state index in [4.69, 9.17) is 23.2 Å². The zero-order valence-electron chi connectivity index (χ0n) is 13.5. The number of carbonyl (C=O) groups excluding carboxylic acids is 1. The number of carbonyl (C=O) groups is 1. The number of nitro benzene ring substituents is 1. The molecule has 9 heteroatoms. The van der Waals surface area contributed by atoms with Gasteiger partial charge in [0.2, 0.25) is 0 Å². The number of fused-ring (bicyclic) bond motifs is 1. The first-order chi connectivity index (χ1) is 12.9. The fraction of sp³-hybridized carbons (Fsp3) is 0. The highest BCUT2D eigenvalue weighted by Gasteiger charge is 2.12. The van der Waals surface area contributed by atoms with Gasteiger partial charge in [-0.3, -0.25) is 14.9 Å². The van der Waals surface area contributed by atoms with Crippen LogP contribution in [0.5, 0.6) is 5.75 Å². The first-order valence-corrected chi connectivity index (χ1v) is 8.31. The second kappa shape index (κ2) is 7.61. The van der Waals surface area contributed by atoms with E-state index in [1.165, 1.54) is 48.7 Å². The minimum absolute atomic E-state index is 0.0678. The van der Waals surface area contributed by atoms with Crippen molar-refractivity contribution in [2.45, 2.75) is 0 Å². The van der Waals surface area contributed by atoms with E-state index in [9.17, 15) is 20.0 Å². The Morgan fingerprint density at radius 3 is 2.63 bits per heavy atom. The molecule has 7 nitrogen and oxygen atoms in total. The first-order valence-electron chi connectivity index (χ1n) is 7.55. The van der Waals surface area contributed by atoms with E-state index >= 15 is 0 Å². The monoisotopic (exact) mass is 403 g/mol. The van der Waals surface area contributed by atoms with Gasteiger partial charge in [-0.2, -0.15) is 5.10 Å². The molecule has 27 heavy (non-hydrogen) atoms. The van der Waals surface area contributed by atoms with E-state index in [0.717, 1.165) is 0 Å². The molecule has 0 fully saturated rings. The van der Waals surface area contributed by atoms with E-state index < -0.39 is 10.8 Å². The number of aromatic hydroxyl groups is 1. The molecule has 3 aromatic carbocycles. The van der Waals surface area contributed by atoms with Crippen LogP contribution in [0.15, 0.2) is 53.6 Å². The van der Waals surface area contributed by atoms with Gasteiger partial charge in [0.1, 0.15) is 5.75 Å². The van der Waals surface area contributed by atoms with Crippen molar-refractivity contribution in [2.75, 3.05) is 0 Å². The minimum Gasteiger partial charge on any atom is -0.507 e. The summed E-state index contributed by atoms with van der Waals surface area (Å²) in [7, 11) is 0. The van der Waals surface area contributed by atoms with Crippen LogP contribution < -0.4 is 5.43 Å². The normalized spacial score (nSPS) is 11.0. The number of nitro groups is 1. The summed E-state index contributed by atoms with van der Waals surface area (Å²) in [5.41, 5.74) is 2.75. The number of halogens is 2. The van der Waals surface area contributed by atoms with Crippen molar-refractivity contribution >= 4 is 51.8 Å². The summed E-state index contributed by atoms with van der Waals surface area (Å²) in [6, 6.07) is 11.6. The van der Waals surface area contributed by atoms with Gasteiger partial charge in [-0.15, -0.1) is 0 Å². The van der Waals surface area contributed by atoms with E-state index in [1.807, 2.05) is 0 Å². The maximum atomic E-state index is 12.1. The van der Waals surface area contributed by atoms with E-state index in [0.29, 0.717) is 21.4 Å². The topological polar surface area (TPSA) is 105 Å². The van der Waals surface area contributed by atoms with Crippen LogP contribution >= 0.6 is 23.2 Å². The van der Waals surface area contributed by atoms with Crippen LogP contribution in [0, 0.1) is 10.1 Å². The maximum absolute atomic E-state index is 12.1. The largest absolute Gasteiger partial charge is 0.507 e. The highest BCUT2D eigenvalue weighted by molar-refractivity contribution is 6.36. The number of nitrogens with one attached hydrogen (secondary N) is 1. The van der Waals surface area contributed by atoms with Gasteiger partial charge < -0.3 is 5.11 Å². The number of non-ortho nitro benzene ring substituents is 1. The summed E-state index contributed by atoms with van der Waals surface area (Å²) >= 11 is 11.8. The van der Waals surface area contributed by atoms with Crippen molar-refractivity contribution in [3.05, 3.63) is 79.8 Å². The van der Waals surface area contributed by atoms with Crippen LogP contribution in [0.2, 0.25) is 10.0 Å². The van der Waals surface area contributed by atoms with Crippen molar-refractivity contribution in [1.29, 1.82) is 0 Å². The molecule has 0 aliphatic carbocycles. The second-order valence-corrected chi connectivity index (χ2v) is 6.33. The minimum atomic E-state index is -0.553. The smallest absolute Gasteiger partial charge is 0.272 e. The van der Waals surface area contributed by atoms with Gasteiger partial charge >= 0.3 is 0 Å². The molecule has 0 aliphatic rings. The van der Waals surface area contributed by atoms with E-state index in [2.05, 4.69) is 10.5 Å².